The van der Waals surface area contributed by atoms with E-state index in [-0.39, 0.29) is 17.9 Å². The maximum atomic E-state index is 11.5. The van der Waals surface area contributed by atoms with Crippen LogP contribution in [-0.2, 0) is 10.0 Å². The Morgan fingerprint density at radius 2 is 2.09 bits per heavy atom. The van der Waals surface area contributed by atoms with Crippen molar-refractivity contribution in [1.82, 2.24) is 9.62 Å². The molecule has 1 saturated heterocycles. The molecule has 0 amide bonds. The number of likely N-dealkylation sites (tertiary alicyclic amines) is 1. The van der Waals surface area contributed by atoms with Gasteiger partial charge in [0.2, 0.25) is 10.0 Å². The number of halogens is 1. The van der Waals surface area contributed by atoms with Crippen LogP contribution in [0, 0.1) is 0 Å². The van der Waals surface area contributed by atoms with Crippen LogP contribution in [0.1, 0.15) is 26.7 Å². The van der Waals surface area contributed by atoms with Gasteiger partial charge in [0.05, 0.1) is 5.75 Å². The Morgan fingerprint density at radius 1 is 1.39 bits per heavy atom. The number of benzene rings is 1. The third-order valence-corrected chi connectivity index (χ3v) is 5.78. The molecule has 0 radical (unpaired) electrons. The Morgan fingerprint density at radius 3 is 2.70 bits per heavy atom. The number of sulfonamides is 1. The predicted molar refractivity (Wildman–Crippen MR) is 93.6 cm³/mol. The summed E-state index contributed by atoms with van der Waals surface area (Å²) in [6, 6.07) is 7.64. The maximum absolute atomic E-state index is 11.5. The van der Waals surface area contributed by atoms with Gasteiger partial charge >= 0.3 is 0 Å². The molecule has 130 valence electrons. The topological polar surface area (TPSA) is 58.6 Å². The smallest absolute Gasteiger partial charge is 0.211 e. The second kappa shape index (κ2) is 8.33. The molecular formula is C16H25ClN2O3S. The van der Waals surface area contributed by atoms with Crippen molar-refractivity contribution in [2.24, 2.45) is 0 Å². The highest BCUT2D eigenvalue weighted by Crippen LogP contribution is 2.22. The van der Waals surface area contributed by atoms with Gasteiger partial charge in [-0.15, -0.1) is 0 Å². The van der Waals surface area contributed by atoms with Crippen LogP contribution in [0.5, 0.6) is 5.75 Å². The first-order valence-electron chi connectivity index (χ1n) is 8.03. The number of nitrogens with zero attached hydrogens (tertiary/aromatic N) is 1. The molecule has 1 aliphatic heterocycles. The van der Waals surface area contributed by atoms with E-state index in [0.717, 1.165) is 31.7 Å². The highest BCUT2D eigenvalue weighted by molar-refractivity contribution is 7.89. The molecule has 0 aliphatic carbocycles. The zero-order chi connectivity index (χ0) is 16.9. The minimum atomic E-state index is -3.12. The predicted octanol–water partition coefficient (Wildman–Crippen LogP) is 2.51. The summed E-state index contributed by atoms with van der Waals surface area (Å²) in [4.78, 5) is 2.30. The molecule has 23 heavy (non-hydrogen) atoms. The van der Waals surface area contributed by atoms with Crippen molar-refractivity contribution < 1.29 is 13.2 Å². The minimum absolute atomic E-state index is 0.120. The lowest BCUT2D eigenvalue weighted by Gasteiger charge is -2.36. The molecule has 0 aromatic heterocycles. The molecule has 0 spiro atoms. The van der Waals surface area contributed by atoms with Crippen LogP contribution in [0.3, 0.4) is 0 Å². The highest BCUT2D eigenvalue weighted by Gasteiger charge is 2.24. The molecule has 1 atom stereocenters. The van der Waals surface area contributed by atoms with Gasteiger partial charge in [0.1, 0.15) is 11.9 Å². The Hall–Kier alpha value is -0.820. The van der Waals surface area contributed by atoms with E-state index in [4.69, 9.17) is 16.3 Å². The SMILES string of the molecule is CCS(=O)(=O)NC[C@H](C)N1CCC(Oc2cccc(Cl)c2)CC1. The molecule has 1 fully saturated rings. The Balaban J connectivity index is 1.77. The van der Waals surface area contributed by atoms with Gasteiger partial charge in [0.15, 0.2) is 0 Å². The molecule has 1 aliphatic rings. The van der Waals surface area contributed by atoms with Gasteiger partial charge in [-0.05, 0) is 44.9 Å². The molecule has 5 nitrogen and oxygen atoms in total. The summed E-state index contributed by atoms with van der Waals surface area (Å²) < 4.78 is 31.6. The zero-order valence-electron chi connectivity index (χ0n) is 13.7. The Kier molecular flexibility index (Phi) is 6.71. The summed E-state index contributed by atoms with van der Waals surface area (Å²) in [5, 5.41) is 0.678. The first-order chi connectivity index (χ1) is 10.9. The fourth-order valence-electron chi connectivity index (χ4n) is 2.65. The summed E-state index contributed by atoms with van der Waals surface area (Å²) in [5.41, 5.74) is 0. The van der Waals surface area contributed by atoms with E-state index in [9.17, 15) is 8.42 Å². The summed E-state index contributed by atoms with van der Waals surface area (Å²) in [6.45, 7) is 5.96. The quantitative estimate of drug-likeness (QED) is 0.811. The van der Waals surface area contributed by atoms with Crippen molar-refractivity contribution in [3.8, 4) is 5.75 Å². The van der Waals surface area contributed by atoms with Gasteiger partial charge in [-0.25, -0.2) is 13.1 Å². The molecule has 1 heterocycles. The van der Waals surface area contributed by atoms with Crippen LogP contribution in [0.4, 0.5) is 0 Å². The Labute approximate surface area is 144 Å². The van der Waals surface area contributed by atoms with Gasteiger partial charge in [-0.3, -0.25) is 4.90 Å². The van der Waals surface area contributed by atoms with Crippen molar-refractivity contribution in [3.63, 3.8) is 0 Å². The average Bonchev–Trinajstić information content (AvgIpc) is 2.53. The van der Waals surface area contributed by atoms with Crippen LogP contribution in [0.2, 0.25) is 5.02 Å². The first-order valence-corrected chi connectivity index (χ1v) is 10.1. The molecule has 1 N–H and O–H groups in total. The standard InChI is InChI=1S/C16H25ClN2O3S/c1-3-23(20,21)18-12-13(2)19-9-7-15(8-10-19)22-16-6-4-5-14(17)11-16/h4-6,11,13,15,18H,3,7-10,12H2,1-2H3/t13-/m0/s1. The molecule has 0 unspecified atom stereocenters. The van der Waals surface area contributed by atoms with E-state index >= 15 is 0 Å². The van der Waals surface area contributed by atoms with Gasteiger partial charge in [0.25, 0.3) is 0 Å². The van der Waals surface area contributed by atoms with Crippen LogP contribution in [0.25, 0.3) is 0 Å². The number of hydrogen-bond donors (Lipinski definition) is 1. The fourth-order valence-corrected chi connectivity index (χ4v) is 3.53. The monoisotopic (exact) mass is 360 g/mol. The van der Waals surface area contributed by atoms with Gasteiger partial charge in [-0.1, -0.05) is 17.7 Å². The normalized spacial score (nSPS) is 18.7. The van der Waals surface area contributed by atoms with E-state index in [1.54, 1.807) is 6.92 Å². The van der Waals surface area contributed by atoms with Crippen molar-refractivity contribution >= 4 is 21.6 Å². The zero-order valence-corrected chi connectivity index (χ0v) is 15.2. The van der Waals surface area contributed by atoms with Gasteiger partial charge in [0, 0.05) is 30.7 Å². The largest absolute Gasteiger partial charge is 0.490 e. The lowest BCUT2D eigenvalue weighted by atomic mass is 10.1. The first kappa shape index (κ1) is 18.5. The second-order valence-electron chi connectivity index (χ2n) is 5.91. The molecule has 2 rings (SSSR count). The number of ether oxygens (including phenoxy) is 1. The van der Waals surface area contributed by atoms with E-state index in [1.165, 1.54) is 0 Å². The van der Waals surface area contributed by atoms with E-state index < -0.39 is 10.0 Å². The molecule has 0 saturated carbocycles. The summed E-state index contributed by atoms with van der Waals surface area (Å²) in [7, 11) is -3.12. The van der Waals surface area contributed by atoms with Crippen molar-refractivity contribution in [1.29, 1.82) is 0 Å². The average molecular weight is 361 g/mol. The third-order valence-electron chi connectivity index (χ3n) is 4.18. The fraction of sp³-hybridized carbons (Fsp3) is 0.625. The number of rotatable bonds is 7. The molecule has 1 aromatic carbocycles. The summed E-state index contributed by atoms with van der Waals surface area (Å²) in [5.74, 6) is 0.926. The maximum Gasteiger partial charge on any atom is 0.211 e. The van der Waals surface area contributed by atoms with Gasteiger partial charge < -0.3 is 4.74 Å². The van der Waals surface area contributed by atoms with Crippen LogP contribution in [0.15, 0.2) is 24.3 Å². The number of piperidine rings is 1. The third kappa shape index (κ3) is 5.95. The Bertz CT molecular complexity index is 601. The highest BCUT2D eigenvalue weighted by atomic mass is 35.5. The molecule has 1 aromatic rings. The van der Waals surface area contributed by atoms with Crippen molar-refractivity contribution in [2.45, 2.75) is 38.8 Å². The molecule has 7 heteroatoms. The van der Waals surface area contributed by atoms with Crippen molar-refractivity contribution in [2.75, 3.05) is 25.4 Å². The number of nitrogens with one attached hydrogen (secondary N) is 1. The summed E-state index contributed by atoms with van der Waals surface area (Å²) >= 11 is 5.97. The van der Waals surface area contributed by atoms with Crippen molar-refractivity contribution in [3.05, 3.63) is 29.3 Å². The lowest BCUT2D eigenvalue weighted by molar-refractivity contribution is 0.0809. The van der Waals surface area contributed by atoms with Gasteiger partial charge in [-0.2, -0.15) is 0 Å². The molecule has 0 bridgehead atoms. The van der Waals surface area contributed by atoms with Crippen LogP contribution in [-0.4, -0.2) is 50.9 Å². The van der Waals surface area contributed by atoms with Crippen LogP contribution >= 0.6 is 11.6 Å². The second-order valence-corrected chi connectivity index (χ2v) is 8.44. The minimum Gasteiger partial charge on any atom is -0.490 e. The van der Waals surface area contributed by atoms with E-state index in [0.29, 0.717) is 11.6 Å². The summed E-state index contributed by atoms with van der Waals surface area (Å²) in [6.07, 6.45) is 2.04. The van der Waals surface area contributed by atoms with Crippen LogP contribution < -0.4 is 9.46 Å². The molecular weight excluding hydrogens is 336 g/mol. The number of hydrogen-bond acceptors (Lipinski definition) is 4. The lowest BCUT2D eigenvalue weighted by Crippen LogP contribution is -2.47. The van der Waals surface area contributed by atoms with E-state index in [1.807, 2.05) is 24.3 Å². The van der Waals surface area contributed by atoms with E-state index in [2.05, 4.69) is 16.5 Å².